The van der Waals surface area contributed by atoms with Gasteiger partial charge in [0.25, 0.3) is 10.1 Å². The van der Waals surface area contributed by atoms with Gasteiger partial charge in [0, 0.05) is 60.1 Å². The van der Waals surface area contributed by atoms with Crippen molar-refractivity contribution in [1.82, 2.24) is 0 Å². The molecule has 2 aliphatic carbocycles. The summed E-state index contributed by atoms with van der Waals surface area (Å²) in [5, 5.41) is 30.4. The summed E-state index contributed by atoms with van der Waals surface area (Å²) >= 11 is 8.12. The summed E-state index contributed by atoms with van der Waals surface area (Å²) in [5.74, 6) is -1.06. The van der Waals surface area contributed by atoms with Gasteiger partial charge in [0.15, 0.2) is 0 Å². The molecule has 0 saturated heterocycles. The number of anilines is 1. The molecule has 0 atom stereocenters. The molecule has 19 nitrogen and oxygen atoms in total. The van der Waals surface area contributed by atoms with Gasteiger partial charge < -0.3 is 29.1 Å². The average Bonchev–Trinajstić information content (AvgIpc) is 3.65. The molecule has 1 N–H and O–H groups in total. The molecule has 0 fully saturated rings. The molecule has 0 bridgehead atoms. The number of hydrogen-bond donors (Lipinski definition) is 1. The first-order valence-corrected chi connectivity index (χ1v) is 30.2. The van der Waals surface area contributed by atoms with Crippen LogP contribution >= 0.6 is 35.7 Å². The molecular weight excluding hydrogens is 1290 g/mol. The number of rotatable bonds is 21. The second kappa shape index (κ2) is 33.0. The molecule has 0 amide bonds. The predicted octanol–water partition coefficient (Wildman–Crippen LogP) is -7.45. The zero-order valence-electron chi connectivity index (χ0n) is 44.4. The number of fused-ring (bicyclic) bond motifs is 6. The third kappa shape index (κ3) is 19.3. The third-order valence-electron chi connectivity index (χ3n) is 13.2. The van der Waals surface area contributed by atoms with Gasteiger partial charge in [-0.3, -0.25) is 14.6 Å². The second-order valence-electron chi connectivity index (χ2n) is 18.6. The molecule has 0 unspecified atom stereocenters. The van der Waals surface area contributed by atoms with Gasteiger partial charge >= 0.3 is 257 Å². The molecule has 7 rings (SSSR count). The van der Waals surface area contributed by atoms with E-state index in [2.05, 4.69) is 18.7 Å². The summed E-state index contributed by atoms with van der Waals surface area (Å²) in [5.41, 5.74) is 4.26. The fourth-order valence-corrected chi connectivity index (χ4v) is 14.1. The molecule has 31 heteroatoms. The summed E-state index contributed by atoms with van der Waals surface area (Å²) in [6.45, 7) is 7.80. The van der Waals surface area contributed by atoms with Crippen LogP contribution in [0.2, 0.25) is 0 Å². The number of unbranched alkanes of at least 4 members (excludes halogenated alkanes) is 2. The maximum Gasteiger partial charge on any atom is 1.00 e. The van der Waals surface area contributed by atoms with Crippen LogP contribution < -0.4 is 272 Å². The van der Waals surface area contributed by atoms with E-state index in [0.29, 0.717) is 105 Å². The first kappa shape index (κ1) is 78.6. The molecule has 3 aliphatic rings. The van der Waals surface area contributed by atoms with E-state index >= 15 is 0 Å². The van der Waals surface area contributed by atoms with Crippen LogP contribution in [0, 0.1) is 0 Å². The zero-order valence-corrected chi connectivity index (χ0v) is 65.6. The van der Waals surface area contributed by atoms with Crippen LogP contribution in [0.5, 0.6) is 0 Å². The Morgan fingerprint density at radius 1 is 0.705 bits per heavy atom. The Labute approximate surface area is 681 Å². The molecule has 1 aliphatic heterocycles. The Morgan fingerprint density at radius 2 is 1.33 bits per heavy atom. The summed E-state index contributed by atoms with van der Waals surface area (Å²) < 4.78 is 152. The fraction of sp³-hybridized carbons (Fsp3) is 0.362. The molecular formula is C47H47ClK5NO18S6. The van der Waals surface area contributed by atoms with E-state index < -0.39 is 72.6 Å². The zero-order chi connectivity index (χ0) is 53.5. The Balaban J connectivity index is 0.00000416. The van der Waals surface area contributed by atoms with Crippen molar-refractivity contribution in [3.8, 4) is 0 Å². The molecule has 0 radical (unpaired) electrons. The van der Waals surface area contributed by atoms with Gasteiger partial charge in [-0.05, 0) is 138 Å². The first-order valence-electron chi connectivity index (χ1n) is 22.4. The molecule has 0 spiro atoms. The number of benzene rings is 4. The Morgan fingerprint density at radius 3 is 1.95 bits per heavy atom. The van der Waals surface area contributed by atoms with Crippen LogP contribution in [0.25, 0.3) is 27.1 Å². The minimum absolute atomic E-state index is 0. The van der Waals surface area contributed by atoms with Crippen molar-refractivity contribution in [2.75, 3.05) is 23.0 Å². The van der Waals surface area contributed by atoms with Crippen molar-refractivity contribution in [3.63, 3.8) is 0 Å². The Bertz CT molecular complexity index is 3520. The number of allylic oxidation sites excluding steroid dienone is 10. The maximum absolute atomic E-state index is 12.9. The van der Waals surface area contributed by atoms with Gasteiger partial charge in [-0.2, -0.15) is 17.1 Å². The second-order valence-corrected chi connectivity index (χ2v) is 26.3. The monoisotopic (exact) mass is 1330 g/mol. The summed E-state index contributed by atoms with van der Waals surface area (Å²) in [4.78, 5) is 1.05. The number of hydrogen-bond acceptors (Lipinski definition) is 20. The Hall–Kier alpha value is 4.47. The van der Waals surface area contributed by atoms with Crippen LogP contribution in [0.4, 0.5) is 5.69 Å². The Kier molecular flexibility index (Phi) is 33.2. The van der Waals surface area contributed by atoms with E-state index in [4.69, 9.17) is 11.6 Å². The van der Waals surface area contributed by atoms with Crippen molar-refractivity contribution in [2.45, 2.75) is 109 Å². The molecule has 78 heavy (non-hydrogen) atoms. The summed E-state index contributed by atoms with van der Waals surface area (Å²) in [7, 11) is -18.9. The molecule has 0 aromatic heterocycles. The molecule has 1 heterocycles. The van der Waals surface area contributed by atoms with Gasteiger partial charge in [0.2, 0.25) is 0 Å². The molecule has 0 saturated carbocycles. The van der Waals surface area contributed by atoms with Gasteiger partial charge in [-0.15, -0.1) is 0 Å². The molecule has 396 valence electrons. The molecule has 4 aromatic carbocycles. The van der Waals surface area contributed by atoms with E-state index in [-0.39, 0.29) is 298 Å². The van der Waals surface area contributed by atoms with Gasteiger partial charge in [-0.1, -0.05) is 75.7 Å². The van der Waals surface area contributed by atoms with Crippen molar-refractivity contribution < 1.29 is 338 Å². The quantitative estimate of drug-likeness (QED) is 0.0202. The average molecular weight is 1340 g/mol. The fourth-order valence-electron chi connectivity index (χ4n) is 10.2. The largest absolute Gasteiger partial charge is 1.00 e. The van der Waals surface area contributed by atoms with Crippen molar-refractivity contribution >= 4 is 109 Å². The van der Waals surface area contributed by atoms with Crippen molar-refractivity contribution in [2.24, 2.45) is 0 Å². The van der Waals surface area contributed by atoms with Crippen LogP contribution in [0.15, 0.2) is 120 Å². The van der Waals surface area contributed by atoms with Gasteiger partial charge in [-0.25, -0.2) is 25.3 Å². The standard InChI is InChI=1S/C47H52ClNO18S6.5K/c1-46(2)36(34(12-5-7-22-70(52,53)54)35-17-13-30-24-32(68-66-64-50)26-39(73(61,62)63)42(30)43(35)46)18-14-28-10-9-11-29(45(28)48)16-20-40-47(3,4)44-37(49(40)21-6-8-23-71(55,56)57)19-15-31-25-33(72(58,59)60)27-38(41(31)44)69-67-65-51;;;;;/h13-20,24-27,50-51H,5-12,21-23H2,1-4H3,(H,52,53,54)(H,55,56,57)(H,58,59,60)(H,61,62,63);;;;;/q;5*+1/p-5/b18-14+,29-16+,40-20+;;;;;. The van der Waals surface area contributed by atoms with E-state index in [1.54, 1.807) is 30.3 Å². The molecule has 4 aromatic rings. The number of nitrogens with zero attached hydrogens (tertiary/aromatic N) is 1. The SMILES string of the molecule is CC1(C)C(/C=C/C2=C(Cl)C(=C/C=C3/N(CCCCS(=O)(=O)[O-])c4ccc5cc(S(=O)(=O)[O-])cc(SOO[O-])c5c4C3(C)C)/CCC2)=C(CCCCS(=O)(=O)O)c2ccc3cc(SOO[O-])cc(S(=O)(=O)[O-])c3c21.[K+].[K+].[K+].[K+].[K+]. The van der Waals surface area contributed by atoms with E-state index in [0.717, 1.165) is 34.4 Å². The predicted molar refractivity (Wildman–Crippen MR) is 266 cm³/mol. The third-order valence-corrected chi connectivity index (χ3v) is 18.1. The minimum Gasteiger partial charge on any atom is -0.748 e. The van der Waals surface area contributed by atoms with Crippen LogP contribution in [0.3, 0.4) is 0 Å². The van der Waals surface area contributed by atoms with Gasteiger partial charge in [0.05, 0.1) is 49.7 Å². The first-order chi connectivity index (χ1) is 34.1. The summed E-state index contributed by atoms with van der Waals surface area (Å²) in [6, 6.07) is 11.7. The normalized spacial score (nSPS) is 17.2. The van der Waals surface area contributed by atoms with E-state index in [9.17, 15) is 62.4 Å². The topological polar surface area (TPSA) is 312 Å². The van der Waals surface area contributed by atoms with Gasteiger partial charge in [0.1, 0.15) is 20.2 Å². The van der Waals surface area contributed by atoms with E-state index in [1.165, 1.54) is 6.07 Å². The van der Waals surface area contributed by atoms with E-state index in [1.807, 2.05) is 56.9 Å². The smallest absolute Gasteiger partial charge is 0.748 e. The minimum atomic E-state index is -5.13. The van der Waals surface area contributed by atoms with Crippen LogP contribution in [0.1, 0.15) is 95.8 Å². The van der Waals surface area contributed by atoms with Crippen molar-refractivity contribution in [3.05, 3.63) is 117 Å². The maximum atomic E-state index is 12.9. The number of halogens is 1. The van der Waals surface area contributed by atoms with Crippen LogP contribution in [-0.4, -0.2) is 69.9 Å². The van der Waals surface area contributed by atoms with Crippen molar-refractivity contribution in [1.29, 1.82) is 0 Å². The van der Waals surface area contributed by atoms with Crippen LogP contribution in [-0.2, 0) is 70.0 Å². The summed E-state index contributed by atoms with van der Waals surface area (Å²) in [6.07, 6.45) is 10.3.